The SMILES string of the molecule is CC1(C)c2ccccc2-c2cc(-c3cccc(N(c4ccccc4-c4cccc5c4-c4ccccc4C5(C)C)c4cccc5c4C(C)(C)c4ccccc4-5)c3)ccc21. The lowest BCUT2D eigenvalue weighted by atomic mass is 9.81. The summed E-state index contributed by atoms with van der Waals surface area (Å²) in [6, 6.07) is 66.2. The van der Waals surface area contributed by atoms with Crippen LogP contribution in [0.2, 0.25) is 0 Å². The van der Waals surface area contributed by atoms with E-state index in [9.17, 15) is 0 Å². The van der Waals surface area contributed by atoms with Gasteiger partial charge in [-0.25, -0.2) is 0 Å². The molecule has 0 bridgehead atoms. The monoisotopic (exact) mass is 745 g/mol. The zero-order chi connectivity index (χ0) is 39.6. The molecule has 0 atom stereocenters. The molecule has 0 spiro atoms. The summed E-state index contributed by atoms with van der Waals surface area (Å²) in [6.45, 7) is 14.2. The summed E-state index contributed by atoms with van der Waals surface area (Å²) >= 11 is 0. The number of benzene rings is 8. The Bertz CT molecular complexity index is 2990. The maximum atomic E-state index is 2.56. The number of para-hydroxylation sites is 1. The van der Waals surface area contributed by atoms with Crippen LogP contribution in [0.5, 0.6) is 0 Å². The molecule has 0 radical (unpaired) electrons. The second-order valence-corrected chi connectivity index (χ2v) is 18.1. The molecule has 280 valence electrons. The average molecular weight is 746 g/mol. The molecular weight excluding hydrogens is 699 g/mol. The Balaban J connectivity index is 1.15. The first-order valence-corrected chi connectivity index (χ1v) is 20.8. The highest BCUT2D eigenvalue weighted by Gasteiger charge is 2.41. The van der Waals surface area contributed by atoms with E-state index in [4.69, 9.17) is 0 Å². The Morgan fingerprint density at radius 2 is 0.793 bits per heavy atom. The van der Waals surface area contributed by atoms with E-state index in [1.165, 1.54) is 100 Å². The molecule has 0 saturated carbocycles. The molecule has 0 N–H and O–H groups in total. The highest BCUT2D eigenvalue weighted by atomic mass is 15.1. The van der Waals surface area contributed by atoms with Gasteiger partial charge in [0.15, 0.2) is 0 Å². The number of hydrogen-bond acceptors (Lipinski definition) is 1. The summed E-state index contributed by atoms with van der Waals surface area (Å²) in [5, 5.41) is 0. The first kappa shape index (κ1) is 34.8. The largest absolute Gasteiger partial charge is 0.310 e. The maximum Gasteiger partial charge on any atom is 0.0540 e. The predicted molar refractivity (Wildman–Crippen MR) is 245 cm³/mol. The van der Waals surface area contributed by atoms with Crippen LogP contribution in [0, 0.1) is 0 Å². The van der Waals surface area contributed by atoms with Gasteiger partial charge in [0.1, 0.15) is 0 Å². The average Bonchev–Trinajstić information content (AvgIpc) is 3.74. The summed E-state index contributed by atoms with van der Waals surface area (Å²) in [5.74, 6) is 0. The molecule has 0 aliphatic heterocycles. The van der Waals surface area contributed by atoms with Crippen LogP contribution in [0.15, 0.2) is 176 Å². The van der Waals surface area contributed by atoms with E-state index in [1.54, 1.807) is 0 Å². The number of nitrogens with zero attached hydrogens (tertiary/aromatic N) is 1. The van der Waals surface area contributed by atoms with Gasteiger partial charge in [0.05, 0.1) is 11.4 Å². The van der Waals surface area contributed by atoms with Gasteiger partial charge in [0.2, 0.25) is 0 Å². The molecule has 1 heteroatoms. The van der Waals surface area contributed by atoms with E-state index >= 15 is 0 Å². The third kappa shape index (κ3) is 4.77. The Labute approximate surface area is 343 Å². The fraction of sp³-hybridized carbons (Fsp3) is 0.158. The zero-order valence-corrected chi connectivity index (χ0v) is 34.2. The van der Waals surface area contributed by atoms with Crippen molar-refractivity contribution in [3.63, 3.8) is 0 Å². The smallest absolute Gasteiger partial charge is 0.0540 e. The minimum Gasteiger partial charge on any atom is -0.310 e. The Hall–Kier alpha value is -6.44. The van der Waals surface area contributed by atoms with E-state index in [2.05, 4.69) is 222 Å². The van der Waals surface area contributed by atoms with Crippen molar-refractivity contribution >= 4 is 17.1 Å². The number of hydrogen-bond donors (Lipinski definition) is 0. The number of rotatable bonds is 5. The number of anilines is 3. The molecule has 8 aromatic carbocycles. The van der Waals surface area contributed by atoms with Crippen LogP contribution in [0.25, 0.3) is 55.6 Å². The predicted octanol–water partition coefficient (Wildman–Crippen LogP) is 15.4. The van der Waals surface area contributed by atoms with Gasteiger partial charge < -0.3 is 4.90 Å². The third-order valence-corrected chi connectivity index (χ3v) is 13.9. The normalized spacial score (nSPS) is 15.5. The van der Waals surface area contributed by atoms with Crippen LogP contribution < -0.4 is 4.90 Å². The first-order valence-electron chi connectivity index (χ1n) is 20.8. The van der Waals surface area contributed by atoms with Gasteiger partial charge in [-0.15, -0.1) is 0 Å². The molecular formula is C57H47N. The van der Waals surface area contributed by atoms with Crippen LogP contribution >= 0.6 is 0 Å². The van der Waals surface area contributed by atoms with Crippen LogP contribution in [-0.2, 0) is 16.2 Å². The molecule has 58 heavy (non-hydrogen) atoms. The van der Waals surface area contributed by atoms with Crippen LogP contribution in [-0.4, -0.2) is 0 Å². The molecule has 0 unspecified atom stereocenters. The lowest BCUT2D eigenvalue weighted by Gasteiger charge is -2.34. The zero-order valence-electron chi connectivity index (χ0n) is 34.2. The van der Waals surface area contributed by atoms with E-state index in [0.717, 1.165) is 5.69 Å². The fourth-order valence-corrected chi connectivity index (χ4v) is 11.0. The summed E-state index contributed by atoms with van der Waals surface area (Å²) in [6.07, 6.45) is 0. The van der Waals surface area contributed by atoms with Crippen LogP contribution in [0.1, 0.15) is 74.9 Å². The molecule has 0 heterocycles. The van der Waals surface area contributed by atoms with E-state index in [-0.39, 0.29) is 16.2 Å². The van der Waals surface area contributed by atoms with Crippen molar-refractivity contribution in [3.8, 4) is 55.6 Å². The van der Waals surface area contributed by atoms with E-state index in [1.807, 2.05) is 0 Å². The van der Waals surface area contributed by atoms with Gasteiger partial charge in [0, 0.05) is 27.5 Å². The molecule has 0 fully saturated rings. The van der Waals surface area contributed by atoms with Crippen LogP contribution in [0.4, 0.5) is 17.1 Å². The highest BCUT2D eigenvalue weighted by molar-refractivity contribution is 6.00. The molecule has 3 aliphatic rings. The molecule has 11 rings (SSSR count). The van der Waals surface area contributed by atoms with Gasteiger partial charge in [-0.2, -0.15) is 0 Å². The van der Waals surface area contributed by atoms with Crippen molar-refractivity contribution in [2.24, 2.45) is 0 Å². The van der Waals surface area contributed by atoms with Crippen molar-refractivity contribution in [2.75, 3.05) is 4.90 Å². The van der Waals surface area contributed by atoms with Crippen molar-refractivity contribution in [2.45, 2.75) is 57.8 Å². The molecule has 3 aliphatic carbocycles. The standard InChI is InChI=1S/C57H47N/c1-55(2)46-26-11-8-21-40(46)45-35-37(32-33-49(45)55)36-18-15-19-38(34-36)58(52-31-17-25-43-39-20-7-12-27-47(39)57(5,6)54(43)52)51-30-14-10-22-41(51)42-24-16-29-50-53(42)44-23-9-13-28-48(44)56(50,3)4/h7-35H,1-6H3. The third-order valence-electron chi connectivity index (χ3n) is 13.9. The van der Waals surface area contributed by atoms with Gasteiger partial charge in [-0.3, -0.25) is 0 Å². The topological polar surface area (TPSA) is 3.24 Å². The maximum absolute atomic E-state index is 2.56. The van der Waals surface area contributed by atoms with Gasteiger partial charge >= 0.3 is 0 Å². The highest BCUT2D eigenvalue weighted by Crippen LogP contribution is 2.57. The second kappa shape index (κ2) is 12.3. The van der Waals surface area contributed by atoms with Crippen molar-refractivity contribution in [1.82, 2.24) is 0 Å². The molecule has 0 saturated heterocycles. The van der Waals surface area contributed by atoms with Crippen LogP contribution in [0.3, 0.4) is 0 Å². The molecule has 1 nitrogen and oxygen atoms in total. The Kier molecular flexibility index (Phi) is 7.36. The first-order chi connectivity index (χ1) is 28.1. The summed E-state index contributed by atoms with van der Waals surface area (Å²) in [5.41, 5.74) is 24.4. The lowest BCUT2D eigenvalue weighted by molar-refractivity contribution is 0.660. The van der Waals surface area contributed by atoms with Gasteiger partial charge in [-0.1, -0.05) is 187 Å². The summed E-state index contributed by atoms with van der Waals surface area (Å²) in [4.78, 5) is 2.56. The Morgan fingerprint density at radius 1 is 0.310 bits per heavy atom. The van der Waals surface area contributed by atoms with Crippen molar-refractivity contribution in [3.05, 3.63) is 209 Å². The fourth-order valence-electron chi connectivity index (χ4n) is 11.0. The van der Waals surface area contributed by atoms with Gasteiger partial charge in [0.25, 0.3) is 0 Å². The van der Waals surface area contributed by atoms with Gasteiger partial charge in [-0.05, 0) is 114 Å². The second-order valence-electron chi connectivity index (χ2n) is 18.1. The molecule has 0 aromatic heterocycles. The minimum atomic E-state index is -0.204. The van der Waals surface area contributed by atoms with E-state index < -0.39 is 0 Å². The molecule has 0 amide bonds. The Morgan fingerprint density at radius 3 is 1.55 bits per heavy atom. The lowest BCUT2D eigenvalue weighted by Crippen LogP contribution is -2.21. The summed E-state index contributed by atoms with van der Waals surface area (Å²) < 4.78 is 0. The number of fused-ring (bicyclic) bond motifs is 9. The molecule has 8 aromatic rings. The summed E-state index contributed by atoms with van der Waals surface area (Å²) in [7, 11) is 0. The van der Waals surface area contributed by atoms with E-state index in [0.29, 0.717) is 0 Å². The van der Waals surface area contributed by atoms with Crippen molar-refractivity contribution in [1.29, 1.82) is 0 Å². The quantitative estimate of drug-likeness (QED) is 0.170. The minimum absolute atomic E-state index is 0.0295. The van der Waals surface area contributed by atoms with Crippen molar-refractivity contribution < 1.29 is 0 Å².